The minimum atomic E-state index is -0.595. The molecule has 8 heteroatoms. The lowest BCUT2D eigenvalue weighted by molar-refractivity contribution is -0.385. The van der Waals surface area contributed by atoms with E-state index >= 15 is 0 Å². The van der Waals surface area contributed by atoms with Gasteiger partial charge in [0, 0.05) is 12.6 Å². The number of ether oxygens (including phenoxy) is 1. The van der Waals surface area contributed by atoms with Crippen molar-refractivity contribution in [2.24, 2.45) is 5.73 Å². The summed E-state index contributed by atoms with van der Waals surface area (Å²) >= 11 is 0. The standard InChI is InChI=1S/C11H14N4O4/c1-7-8(15(17)18)2-3-10(13-7)14-4-5-19-6-9(14)11(12)16/h2-3,9H,4-6H2,1H3,(H2,12,16). The highest BCUT2D eigenvalue weighted by Crippen LogP contribution is 2.23. The number of pyridine rings is 1. The smallest absolute Gasteiger partial charge is 0.290 e. The van der Waals surface area contributed by atoms with E-state index in [9.17, 15) is 14.9 Å². The van der Waals surface area contributed by atoms with E-state index in [-0.39, 0.29) is 12.3 Å². The molecule has 1 aliphatic heterocycles. The lowest BCUT2D eigenvalue weighted by Crippen LogP contribution is -2.53. The summed E-state index contributed by atoms with van der Waals surface area (Å²) in [6.45, 7) is 2.69. The molecule has 1 atom stereocenters. The number of morpholine rings is 1. The third kappa shape index (κ3) is 2.63. The van der Waals surface area contributed by atoms with Crippen molar-refractivity contribution in [3.63, 3.8) is 0 Å². The van der Waals surface area contributed by atoms with Crippen LogP contribution in [0.4, 0.5) is 11.5 Å². The van der Waals surface area contributed by atoms with Gasteiger partial charge in [-0.1, -0.05) is 0 Å². The quantitative estimate of drug-likeness (QED) is 0.608. The van der Waals surface area contributed by atoms with Crippen molar-refractivity contribution in [1.29, 1.82) is 0 Å². The molecule has 2 heterocycles. The average molecular weight is 266 g/mol. The Morgan fingerprint density at radius 1 is 1.63 bits per heavy atom. The van der Waals surface area contributed by atoms with Gasteiger partial charge >= 0.3 is 0 Å². The van der Waals surface area contributed by atoms with Gasteiger partial charge in [-0.2, -0.15) is 0 Å². The number of carbonyl (C=O) groups excluding carboxylic acids is 1. The van der Waals surface area contributed by atoms with Gasteiger partial charge in [-0.25, -0.2) is 4.98 Å². The SMILES string of the molecule is Cc1nc(N2CCOCC2C(N)=O)ccc1[N+](=O)[O-]. The predicted molar refractivity (Wildman–Crippen MR) is 66.8 cm³/mol. The summed E-state index contributed by atoms with van der Waals surface area (Å²) < 4.78 is 5.21. The van der Waals surface area contributed by atoms with Crippen LogP contribution in [0.5, 0.6) is 0 Å². The molecule has 0 aromatic carbocycles. The summed E-state index contributed by atoms with van der Waals surface area (Å²) in [5.74, 6) is -0.00675. The van der Waals surface area contributed by atoms with Gasteiger partial charge in [0.05, 0.1) is 18.1 Å². The maximum absolute atomic E-state index is 11.4. The second-order valence-electron chi connectivity index (χ2n) is 4.22. The second kappa shape index (κ2) is 5.19. The fourth-order valence-electron chi connectivity index (χ4n) is 2.01. The zero-order chi connectivity index (χ0) is 14.0. The third-order valence-corrected chi connectivity index (χ3v) is 2.99. The van der Waals surface area contributed by atoms with Crippen molar-refractivity contribution in [3.05, 3.63) is 27.9 Å². The van der Waals surface area contributed by atoms with Crippen LogP contribution in [0.1, 0.15) is 5.69 Å². The van der Waals surface area contributed by atoms with Crippen LogP contribution < -0.4 is 10.6 Å². The van der Waals surface area contributed by atoms with Gasteiger partial charge < -0.3 is 15.4 Å². The highest BCUT2D eigenvalue weighted by atomic mass is 16.6. The van der Waals surface area contributed by atoms with E-state index in [1.165, 1.54) is 12.1 Å². The molecule has 1 fully saturated rings. The van der Waals surface area contributed by atoms with Gasteiger partial charge in [0.25, 0.3) is 5.69 Å². The molecule has 1 aromatic rings. The number of anilines is 1. The lowest BCUT2D eigenvalue weighted by Gasteiger charge is -2.34. The fraction of sp³-hybridized carbons (Fsp3) is 0.455. The summed E-state index contributed by atoms with van der Waals surface area (Å²) in [6.07, 6.45) is 0. The van der Waals surface area contributed by atoms with Crippen LogP contribution in [-0.4, -0.2) is 41.6 Å². The van der Waals surface area contributed by atoms with Gasteiger partial charge in [0.2, 0.25) is 5.91 Å². The Labute approximate surface area is 109 Å². The molecule has 0 radical (unpaired) electrons. The molecule has 1 aromatic heterocycles. The number of primary amides is 1. The van der Waals surface area contributed by atoms with Crippen LogP contribution >= 0.6 is 0 Å². The van der Waals surface area contributed by atoms with Crippen LogP contribution in [0.3, 0.4) is 0 Å². The van der Waals surface area contributed by atoms with Crippen LogP contribution in [0, 0.1) is 17.0 Å². The molecule has 0 saturated carbocycles. The highest BCUT2D eigenvalue weighted by molar-refractivity contribution is 5.83. The second-order valence-corrected chi connectivity index (χ2v) is 4.22. The van der Waals surface area contributed by atoms with Gasteiger partial charge in [0.1, 0.15) is 17.6 Å². The first-order valence-corrected chi connectivity index (χ1v) is 5.76. The molecule has 1 amide bonds. The first-order valence-electron chi connectivity index (χ1n) is 5.76. The van der Waals surface area contributed by atoms with E-state index in [4.69, 9.17) is 10.5 Å². The summed E-state index contributed by atoms with van der Waals surface area (Å²) in [6, 6.07) is 2.31. The number of aromatic nitrogens is 1. The van der Waals surface area contributed by atoms with E-state index in [1.807, 2.05) is 0 Å². The van der Waals surface area contributed by atoms with Crippen molar-refractivity contribution in [2.45, 2.75) is 13.0 Å². The van der Waals surface area contributed by atoms with E-state index in [0.717, 1.165) is 0 Å². The molecule has 102 valence electrons. The highest BCUT2D eigenvalue weighted by Gasteiger charge is 2.29. The number of hydrogen-bond donors (Lipinski definition) is 1. The molecular weight excluding hydrogens is 252 g/mol. The molecule has 0 spiro atoms. The van der Waals surface area contributed by atoms with Crippen LogP contribution in [-0.2, 0) is 9.53 Å². The molecule has 2 N–H and O–H groups in total. The number of nitrogens with two attached hydrogens (primary N) is 1. The van der Waals surface area contributed by atoms with Crippen molar-refractivity contribution in [1.82, 2.24) is 4.98 Å². The van der Waals surface area contributed by atoms with Crippen molar-refractivity contribution < 1.29 is 14.5 Å². The van der Waals surface area contributed by atoms with Gasteiger partial charge in [-0.3, -0.25) is 14.9 Å². The number of nitrogens with zero attached hydrogens (tertiary/aromatic N) is 3. The number of amides is 1. The Kier molecular flexibility index (Phi) is 3.61. The molecule has 0 aliphatic carbocycles. The molecule has 1 aliphatic rings. The molecule has 1 saturated heterocycles. The van der Waals surface area contributed by atoms with E-state index in [2.05, 4.69) is 4.98 Å². The summed E-state index contributed by atoms with van der Waals surface area (Å²) in [4.78, 5) is 27.5. The third-order valence-electron chi connectivity index (χ3n) is 2.99. The molecule has 8 nitrogen and oxygen atoms in total. The summed E-state index contributed by atoms with van der Waals surface area (Å²) in [5.41, 5.74) is 5.57. The van der Waals surface area contributed by atoms with Gasteiger partial charge in [0.15, 0.2) is 0 Å². The lowest BCUT2D eigenvalue weighted by atomic mass is 10.2. The van der Waals surface area contributed by atoms with Crippen molar-refractivity contribution in [2.75, 3.05) is 24.7 Å². The number of aryl methyl sites for hydroxylation is 1. The van der Waals surface area contributed by atoms with E-state index in [0.29, 0.717) is 24.7 Å². The predicted octanol–water partition coefficient (Wildman–Crippen LogP) is -0.0113. The largest absolute Gasteiger partial charge is 0.377 e. The number of nitro groups is 1. The monoisotopic (exact) mass is 266 g/mol. The maximum Gasteiger partial charge on any atom is 0.290 e. The maximum atomic E-state index is 11.4. The molecule has 19 heavy (non-hydrogen) atoms. The van der Waals surface area contributed by atoms with Gasteiger partial charge in [-0.15, -0.1) is 0 Å². The Bertz CT molecular complexity index is 519. The Hall–Kier alpha value is -2.22. The Morgan fingerprint density at radius 3 is 2.95 bits per heavy atom. The molecular formula is C11H14N4O4. The van der Waals surface area contributed by atoms with Crippen molar-refractivity contribution >= 4 is 17.4 Å². The van der Waals surface area contributed by atoms with Gasteiger partial charge in [-0.05, 0) is 13.0 Å². The summed E-state index contributed by atoms with van der Waals surface area (Å²) in [5, 5.41) is 10.7. The molecule has 1 unspecified atom stereocenters. The first-order chi connectivity index (χ1) is 9.00. The van der Waals surface area contributed by atoms with Crippen LogP contribution in [0.25, 0.3) is 0 Å². The van der Waals surface area contributed by atoms with E-state index < -0.39 is 16.9 Å². The zero-order valence-corrected chi connectivity index (χ0v) is 10.4. The number of carbonyl (C=O) groups is 1. The van der Waals surface area contributed by atoms with Crippen LogP contribution in [0.2, 0.25) is 0 Å². The minimum Gasteiger partial charge on any atom is -0.377 e. The number of rotatable bonds is 3. The molecule has 0 bridgehead atoms. The summed E-state index contributed by atoms with van der Waals surface area (Å²) in [7, 11) is 0. The zero-order valence-electron chi connectivity index (χ0n) is 10.4. The normalized spacial score (nSPS) is 19.2. The minimum absolute atomic E-state index is 0.0485. The van der Waals surface area contributed by atoms with Crippen molar-refractivity contribution in [3.8, 4) is 0 Å². The first kappa shape index (κ1) is 13.2. The Morgan fingerprint density at radius 2 is 2.37 bits per heavy atom. The Balaban J connectivity index is 2.32. The number of hydrogen-bond acceptors (Lipinski definition) is 6. The van der Waals surface area contributed by atoms with E-state index in [1.54, 1.807) is 11.8 Å². The fourth-order valence-corrected chi connectivity index (χ4v) is 2.01. The average Bonchev–Trinajstić information content (AvgIpc) is 2.38. The molecule has 2 rings (SSSR count). The van der Waals surface area contributed by atoms with Crippen LogP contribution in [0.15, 0.2) is 12.1 Å². The topological polar surface area (TPSA) is 112 Å².